The standard InChI is InChI=1S/C13H17N3O3S3/c1-9-3-5-10(6-4-9)22(17,18)16-11(7-8-21-2)12-14-15-13(20)19-12/h3-6,11,16H,7-8H2,1-2H3,(H,15,20)/t11-/m0/s1. The number of aryl methyl sites for hydroxylation is 1. The number of rotatable bonds is 7. The Kier molecular flexibility index (Phi) is 5.79. The Balaban J connectivity index is 2.25. The van der Waals surface area contributed by atoms with Gasteiger partial charge in [0.15, 0.2) is 0 Å². The Morgan fingerprint density at radius 3 is 2.64 bits per heavy atom. The van der Waals surface area contributed by atoms with Gasteiger partial charge in [-0.05, 0) is 49.7 Å². The number of hydrogen-bond donors (Lipinski definition) is 2. The summed E-state index contributed by atoms with van der Waals surface area (Å²) in [6.07, 6.45) is 2.50. The lowest BCUT2D eigenvalue weighted by atomic mass is 10.2. The second-order valence-corrected chi connectivity index (χ2v) is 7.79. The number of thioether (sulfide) groups is 1. The molecule has 2 N–H and O–H groups in total. The molecule has 0 aliphatic heterocycles. The summed E-state index contributed by atoms with van der Waals surface area (Å²) in [4.78, 5) is 0.333. The van der Waals surface area contributed by atoms with E-state index in [2.05, 4.69) is 14.9 Å². The van der Waals surface area contributed by atoms with Crippen molar-refractivity contribution in [2.24, 2.45) is 0 Å². The SMILES string of the molecule is CSCC[C@H](NS(=O)(=O)c1ccc(C)cc1)c1n[nH]c(=S)o1. The minimum Gasteiger partial charge on any atom is -0.412 e. The molecule has 0 radical (unpaired) electrons. The smallest absolute Gasteiger partial charge is 0.284 e. The van der Waals surface area contributed by atoms with Crippen molar-refractivity contribution in [2.45, 2.75) is 24.3 Å². The van der Waals surface area contributed by atoms with Gasteiger partial charge in [-0.25, -0.2) is 13.5 Å². The predicted octanol–water partition coefficient (Wildman–Crippen LogP) is 2.81. The number of hydrogen-bond acceptors (Lipinski definition) is 6. The maximum absolute atomic E-state index is 12.5. The summed E-state index contributed by atoms with van der Waals surface area (Å²) in [5, 5.41) is 6.44. The molecule has 0 amide bonds. The molecule has 0 saturated heterocycles. The fraction of sp³-hybridized carbons (Fsp3) is 0.385. The first-order valence-electron chi connectivity index (χ1n) is 6.56. The molecule has 22 heavy (non-hydrogen) atoms. The number of sulfonamides is 1. The minimum atomic E-state index is -3.65. The van der Waals surface area contributed by atoms with Gasteiger partial charge >= 0.3 is 0 Å². The van der Waals surface area contributed by atoms with Crippen LogP contribution in [0.4, 0.5) is 0 Å². The molecule has 1 atom stereocenters. The van der Waals surface area contributed by atoms with Gasteiger partial charge in [-0.2, -0.15) is 16.5 Å². The van der Waals surface area contributed by atoms with Crippen LogP contribution in [-0.2, 0) is 10.0 Å². The second kappa shape index (κ2) is 7.40. The van der Waals surface area contributed by atoms with Crippen molar-refractivity contribution in [3.05, 3.63) is 40.6 Å². The van der Waals surface area contributed by atoms with Gasteiger partial charge in [-0.3, -0.25) is 0 Å². The molecule has 0 aliphatic rings. The van der Waals surface area contributed by atoms with Crippen LogP contribution in [0.15, 0.2) is 33.6 Å². The van der Waals surface area contributed by atoms with E-state index in [-0.39, 0.29) is 15.6 Å². The zero-order valence-corrected chi connectivity index (χ0v) is 14.6. The van der Waals surface area contributed by atoms with Gasteiger partial charge in [0.05, 0.1) is 4.90 Å². The molecule has 0 aliphatic carbocycles. The maximum atomic E-state index is 12.5. The Morgan fingerprint density at radius 2 is 2.09 bits per heavy atom. The number of nitrogens with one attached hydrogen (secondary N) is 2. The zero-order chi connectivity index (χ0) is 16.2. The Bertz CT molecular complexity index is 766. The molecule has 0 bridgehead atoms. The Hall–Kier alpha value is -1.16. The Labute approximate surface area is 138 Å². The zero-order valence-electron chi connectivity index (χ0n) is 12.2. The molecule has 120 valence electrons. The topological polar surface area (TPSA) is 88.0 Å². The lowest BCUT2D eigenvalue weighted by Gasteiger charge is -2.15. The van der Waals surface area contributed by atoms with E-state index in [1.54, 1.807) is 36.0 Å². The first kappa shape index (κ1) is 17.2. The molecule has 9 heteroatoms. The number of benzene rings is 1. The first-order chi connectivity index (χ1) is 10.4. The molecule has 2 rings (SSSR count). The monoisotopic (exact) mass is 359 g/mol. The molecule has 2 aromatic rings. The van der Waals surface area contributed by atoms with Crippen LogP contribution in [0.1, 0.15) is 23.9 Å². The van der Waals surface area contributed by atoms with E-state index in [1.807, 2.05) is 13.2 Å². The van der Waals surface area contributed by atoms with Gasteiger partial charge in [0.2, 0.25) is 15.9 Å². The van der Waals surface area contributed by atoms with Crippen molar-refractivity contribution in [3.8, 4) is 0 Å². The van der Waals surface area contributed by atoms with Crippen LogP contribution in [0.25, 0.3) is 0 Å². The van der Waals surface area contributed by atoms with Crippen LogP contribution in [0.3, 0.4) is 0 Å². The van der Waals surface area contributed by atoms with Gasteiger partial charge in [-0.15, -0.1) is 5.10 Å². The summed E-state index contributed by atoms with van der Waals surface area (Å²) in [5.74, 6) is 1.01. The van der Waals surface area contributed by atoms with E-state index in [0.29, 0.717) is 6.42 Å². The van der Waals surface area contributed by atoms with Crippen LogP contribution in [0.5, 0.6) is 0 Å². The quantitative estimate of drug-likeness (QED) is 0.739. The van der Waals surface area contributed by atoms with E-state index >= 15 is 0 Å². The van der Waals surface area contributed by atoms with E-state index in [4.69, 9.17) is 16.6 Å². The summed E-state index contributed by atoms with van der Waals surface area (Å²) in [6, 6.07) is 6.09. The molecule has 0 spiro atoms. The van der Waals surface area contributed by atoms with Crippen LogP contribution in [0, 0.1) is 11.8 Å². The van der Waals surface area contributed by atoms with E-state index < -0.39 is 16.1 Å². The highest BCUT2D eigenvalue weighted by Gasteiger charge is 2.24. The van der Waals surface area contributed by atoms with Crippen LogP contribution in [0.2, 0.25) is 0 Å². The summed E-state index contributed by atoms with van der Waals surface area (Å²) in [7, 11) is -3.65. The van der Waals surface area contributed by atoms with Gasteiger partial charge in [0, 0.05) is 0 Å². The van der Waals surface area contributed by atoms with Gasteiger partial charge < -0.3 is 4.42 Å². The van der Waals surface area contributed by atoms with Crippen molar-refractivity contribution in [3.63, 3.8) is 0 Å². The number of H-pyrrole nitrogens is 1. The van der Waals surface area contributed by atoms with Crippen molar-refractivity contribution in [1.29, 1.82) is 0 Å². The van der Waals surface area contributed by atoms with Gasteiger partial charge in [0.1, 0.15) is 6.04 Å². The highest BCUT2D eigenvalue weighted by atomic mass is 32.2. The molecular weight excluding hydrogens is 342 g/mol. The lowest BCUT2D eigenvalue weighted by Crippen LogP contribution is -2.29. The number of nitrogens with zero attached hydrogens (tertiary/aromatic N) is 1. The summed E-state index contributed by atoms with van der Waals surface area (Å²) >= 11 is 6.46. The summed E-state index contributed by atoms with van der Waals surface area (Å²) < 4.78 is 32.8. The van der Waals surface area contributed by atoms with E-state index in [1.165, 1.54) is 0 Å². The average molecular weight is 359 g/mol. The van der Waals surface area contributed by atoms with Crippen molar-refractivity contribution >= 4 is 34.0 Å². The molecular formula is C13H17N3O3S3. The first-order valence-corrected chi connectivity index (χ1v) is 9.84. The van der Waals surface area contributed by atoms with E-state index in [9.17, 15) is 8.42 Å². The van der Waals surface area contributed by atoms with Crippen LogP contribution >= 0.6 is 24.0 Å². The minimum absolute atomic E-state index is 0.124. The molecule has 0 fully saturated rings. The van der Waals surface area contributed by atoms with Gasteiger partial charge in [-0.1, -0.05) is 17.7 Å². The highest BCUT2D eigenvalue weighted by molar-refractivity contribution is 7.98. The highest BCUT2D eigenvalue weighted by Crippen LogP contribution is 2.20. The molecule has 1 aromatic heterocycles. The van der Waals surface area contributed by atoms with E-state index in [0.717, 1.165) is 11.3 Å². The summed E-state index contributed by atoms with van der Waals surface area (Å²) in [6.45, 7) is 1.90. The number of aromatic amines is 1. The van der Waals surface area contributed by atoms with Crippen molar-refractivity contribution in [1.82, 2.24) is 14.9 Å². The number of aromatic nitrogens is 2. The average Bonchev–Trinajstić information content (AvgIpc) is 2.90. The van der Waals surface area contributed by atoms with Crippen LogP contribution in [-0.4, -0.2) is 30.6 Å². The molecule has 6 nitrogen and oxygen atoms in total. The Morgan fingerprint density at radius 1 is 1.41 bits per heavy atom. The third kappa shape index (κ3) is 4.42. The molecule has 1 aromatic carbocycles. The largest absolute Gasteiger partial charge is 0.412 e. The van der Waals surface area contributed by atoms with Crippen LogP contribution < -0.4 is 4.72 Å². The molecule has 0 unspecified atom stereocenters. The molecule has 1 heterocycles. The third-order valence-electron chi connectivity index (χ3n) is 2.99. The predicted molar refractivity (Wildman–Crippen MR) is 88.9 cm³/mol. The fourth-order valence-electron chi connectivity index (χ4n) is 1.83. The van der Waals surface area contributed by atoms with Crippen molar-refractivity contribution in [2.75, 3.05) is 12.0 Å². The second-order valence-electron chi connectivity index (χ2n) is 4.72. The fourth-order valence-corrected chi connectivity index (χ4v) is 3.66. The normalized spacial score (nSPS) is 13.2. The third-order valence-corrected chi connectivity index (χ3v) is 5.30. The van der Waals surface area contributed by atoms with Gasteiger partial charge in [0.25, 0.3) is 4.84 Å². The van der Waals surface area contributed by atoms with Crippen molar-refractivity contribution < 1.29 is 12.8 Å². The lowest BCUT2D eigenvalue weighted by molar-refractivity contribution is 0.416. The molecule has 0 saturated carbocycles. The maximum Gasteiger partial charge on any atom is 0.284 e. The summed E-state index contributed by atoms with van der Waals surface area (Å²) in [5.41, 5.74) is 0.996.